The van der Waals surface area contributed by atoms with Crippen molar-refractivity contribution in [1.29, 1.82) is 0 Å². The highest BCUT2D eigenvalue weighted by Crippen LogP contribution is 2.21. The zero-order valence-corrected chi connectivity index (χ0v) is 12.9. The van der Waals surface area contributed by atoms with E-state index in [1.54, 1.807) is 0 Å². The molecule has 3 heteroatoms. The van der Waals surface area contributed by atoms with Crippen molar-refractivity contribution in [2.45, 2.75) is 13.1 Å². The van der Waals surface area contributed by atoms with Crippen molar-refractivity contribution in [3.63, 3.8) is 0 Å². The van der Waals surface area contributed by atoms with Gasteiger partial charge >= 0.3 is 0 Å². The molecule has 0 saturated carbocycles. The Hall–Kier alpha value is -2.16. The first kappa shape index (κ1) is 14.8. The normalized spacial score (nSPS) is 10.6. The van der Waals surface area contributed by atoms with Gasteiger partial charge in [-0.1, -0.05) is 54.1 Å². The maximum absolute atomic E-state index is 5.90. The van der Waals surface area contributed by atoms with E-state index in [2.05, 4.69) is 28.5 Å². The Balaban J connectivity index is 1.69. The number of benzene rings is 2. The van der Waals surface area contributed by atoms with E-state index >= 15 is 0 Å². The highest BCUT2D eigenvalue weighted by molar-refractivity contribution is 6.30. The average Bonchev–Trinajstić information content (AvgIpc) is 2.58. The van der Waals surface area contributed by atoms with E-state index in [1.165, 1.54) is 16.7 Å². The molecule has 0 aliphatic rings. The van der Waals surface area contributed by atoms with Gasteiger partial charge in [-0.15, -0.1) is 0 Å². The quantitative estimate of drug-likeness (QED) is 0.739. The number of hydrogen-bond acceptors (Lipinski definition) is 2. The predicted molar refractivity (Wildman–Crippen MR) is 91.7 cm³/mol. The zero-order chi connectivity index (χ0) is 15.2. The zero-order valence-electron chi connectivity index (χ0n) is 12.2. The van der Waals surface area contributed by atoms with Crippen molar-refractivity contribution in [3.05, 3.63) is 89.1 Å². The minimum absolute atomic E-state index is 0.768. The fourth-order valence-corrected chi connectivity index (χ4v) is 2.52. The molecule has 110 valence electrons. The van der Waals surface area contributed by atoms with Gasteiger partial charge in [-0.2, -0.15) is 0 Å². The van der Waals surface area contributed by atoms with Gasteiger partial charge in [0.2, 0.25) is 0 Å². The van der Waals surface area contributed by atoms with Crippen LogP contribution in [-0.4, -0.2) is 4.98 Å². The van der Waals surface area contributed by atoms with E-state index in [9.17, 15) is 0 Å². The van der Waals surface area contributed by atoms with E-state index in [-0.39, 0.29) is 0 Å². The Morgan fingerprint density at radius 1 is 0.818 bits per heavy atom. The highest BCUT2D eigenvalue weighted by Gasteiger charge is 2.04. The van der Waals surface area contributed by atoms with Crippen LogP contribution < -0.4 is 5.32 Å². The van der Waals surface area contributed by atoms with Gasteiger partial charge in [0.25, 0.3) is 0 Å². The molecule has 0 aliphatic carbocycles. The number of rotatable bonds is 5. The lowest BCUT2D eigenvalue weighted by Crippen LogP contribution is -2.13. The fraction of sp³-hybridized carbons (Fsp3) is 0.105. The molecule has 0 spiro atoms. The molecule has 0 bridgehead atoms. The topological polar surface area (TPSA) is 24.9 Å². The average molecular weight is 309 g/mol. The van der Waals surface area contributed by atoms with Crippen molar-refractivity contribution in [2.75, 3.05) is 0 Å². The Bertz CT molecular complexity index is 724. The first-order valence-electron chi connectivity index (χ1n) is 7.27. The van der Waals surface area contributed by atoms with E-state index < -0.39 is 0 Å². The largest absolute Gasteiger partial charge is 0.309 e. The second-order valence-corrected chi connectivity index (χ2v) is 5.54. The van der Waals surface area contributed by atoms with E-state index in [4.69, 9.17) is 11.6 Å². The smallest absolute Gasteiger partial charge is 0.0705 e. The van der Waals surface area contributed by atoms with Gasteiger partial charge in [0.15, 0.2) is 0 Å². The number of nitrogens with zero attached hydrogens (tertiary/aromatic N) is 1. The third-order valence-electron chi connectivity index (χ3n) is 3.52. The predicted octanol–water partition coefficient (Wildman–Crippen LogP) is 4.69. The Morgan fingerprint density at radius 3 is 2.36 bits per heavy atom. The van der Waals surface area contributed by atoms with Crippen LogP contribution in [0.4, 0.5) is 0 Å². The molecule has 3 aromatic rings. The third-order valence-corrected chi connectivity index (χ3v) is 3.77. The molecular formula is C19H17ClN2. The fourth-order valence-electron chi connectivity index (χ4n) is 2.39. The number of hydrogen-bond donors (Lipinski definition) is 1. The summed E-state index contributed by atoms with van der Waals surface area (Å²) in [6, 6.07) is 22.3. The van der Waals surface area contributed by atoms with Gasteiger partial charge in [0.05, 0.1) is 5.69 Å². The van der Waals surface area contributed by atoms with Gasteiger partial charge in [-0.05, 0) is 35.4 Å². The molecule has 1 aromatic heterocycles. The molecule has 0 unspecified atom stereocenters. The van der Waals surface area contributed by atoms with E-state index in [1.807, 2.05) is 54.7 Å². The van der Waals surface area contributed by atoms with Crippen LogP contribution in [0.15, 0.2) is 72.9 Å². The lowest BCUT2D eigenvalue weighted by molar-refractivity contribution is 0.694. The molecule has 0 aliphatic heterocycles. The molecule has 0 amide bonds. The lowest BCUT2D eigenvalue weighted by Gasteiger charge is -2.10. The second-order valence-electron chi connectivity index (χ2n) is 5.10. The van der Waals surface area contributed by atoms with Crippen molar-refractivity contribution in [1.82, 2.24) is 10.3 Å². The monoisotopic (exact) mass is 308 g/mol. The van der Waals surface area contributed by atoms with Crippen molar-refractivity contribution in [3.8, 4) is 11.3 Å². The van der Waals surface area contributed by atoms with Crippen LogP contribution in [0.5, 0.6) is 0 Å². The van der Waals surface area contributed by atoms with Gasteiger partial charge in [-0.3, -0.25) is 4.98 Å². The highest BCUT2D eigenvalue weighted by atomic mass is 35.5. The standard InChI is InChI=1S/C19H17ClN2/c20-17-10-8-15(9-11-17)13-21-14-16-5-1-2-6-18(16)19-7-3-4-12-22-19/h1-12,21H,13-14H2. The van der Waals surface area contributed by atoms with Gasteiger partial charge < -0.3 is 5.32 Å². The number of nitrogens with one attached hydrogen (secondary N) is 1. The van der Waals surface area contributed by atoms with Crippen LogP contribution in [0.25, 0.3) is 11.3 Å². The third kappa shape index (κ3) is 3.73. The van der Waals surface area contributed by atoms with Crippen molar-refractivity contribution < 1.29 is 0 Å². The maximum Gasteiger partial charge on any atom is 0.0705 e. The summed E-state index contributed by atoms with van der Waals surface area (Å²) in [6.07, 6.45) is 1.83. The Labute approximate surface area is 135 Å². The lowest BCUT2D eigenvalue weighted by atomic mass is 10.0. The second kappa shape index (κ2) is 7.21. The molecule has 3 rings (SSSR count). The summed E-state index contributed by atoms with van der Waals surface area (Å²) >= 11 is 5.90. The molecule has 2 aromatic carbocycles. The SMILES string of the molecule is Clc1ccc(CNCc2ccccc2-c2ccccn2)cc1. The molecule has 0 fully saturated rings. The van der Waals surface area contributed by atoms with Crippen LogP contribution >= 0.6 is 11.6 Å². The summed E-state index contributed by atoms with van der Waals surface area (Å²) in [7, 11) is 0. The molecule has 0 saturated heterocycles. The maximum atomic E-state index is 5.90. The minimum Gasteiger partial charge on any atom is -0.309 e. The number of pyridine rings is 1. The van der Waals surface area contributed by atoms with Gasteiger partial charge in [0.1, 0.15) is 0 Å². The van der Waals surface area contributed by atoms with Crippen LogP contribution in [-0.2, 0) is 13.1 Å². The molecule has 0 atom stereocenters. The van der Waals surface area contributed by atoms with Crippen LogP contribution in [0.3, 0.4) is 0 Å². The van der Waals surface area contributed by atoms with Crippen molar-refractivity contribution >= 4 is 11.6 Å². The van der Waals surface area contributed by atoms with Gasteiger partial charge in [0, 0.05) is 29.9 Å². The molecule has 22 heavy (non-hydrogen) atoms. The first-order chi connectivity index (χ1) is 10.8. The number of halogens is 1. The summed E-state index contributed by atoms with van der Waals surface area (Å²) in [6.45, 7) is 1.61. The van der Waals surface area contributed by atoms with Crippen LogP contribution in [0, 0.1) is 0 Å². The molecular weight excluding hydrogens is 292 g/mol. The van der Waals surface area contributed by atoms with E-state index in [0.29, 0.717) is 0 Å². The Morgan fingerprint density at radius 2 is 1.59 bits per heavy atom. The van der Waals surface area contributed by atoms with Crippen LogP contribution in [0.2, 0.25) is 5.02 Å². The first-order valence-corrected chi connectivity index (χ1v) is 7.65. The summed E-state index contributed by atoms with van der Waals surface area (Å²) in [4.78, 5) is 4.44. The number of aromatic nitrogens is 1. The summed E-state index contributed by atoms with van der Waals surface area (Å²) < 4.78 is 0. The minimum atomic E-state index is 0.768. The van der Waals surface area contributed by atoms with Crippen LogP contribution in [0.1, 0.15) is 11.1 Å². The van der Waals surface area contributed by atoms with E-state index in [0.717, 1.165) is 23.8 Å². The van der Waals surface area contributed by atoms with Gasteiger partial charge in [-0.25, -0.2) is 0 Å². The molecule has 1 heterocycles. The summed E-state index contributed by atoms with van der Waals surface area (Å²) in [5.41, 5.74) is 4.65. The molecule has 2 nitrogen and oxygen atoms in total. The Kier molecular flexibility index (Phi) is 4.84. The summed E-state index contributed by atoms with van der Waals surface area (Å²) in [5.74, 6) is 0. The molecule has 1 N–H and O–H groups in total. The molecule has 0 radical (unpaired) electrons. The summed E-state index contributed by atoms with van der Waals surface area (Å²) in [5, 5.41) is 4.24. The van der Waals surface area contributed by atoms with Crippen molar-refractivity contribution in [2.24, 2.45) is 0 Å².